The van der Waals surface area contributed by atoms with Gasteiger partial charge in [-0.05, 0) is 24.3 Å². The van der Waals surface area contributed by atoms with E-state index < -0.39 is 0 Å². The summed E-state index contributed by atoms with van der Waals surface area (Å²) in [6.07, 6.45) is 0.943. The first-order valence-corrected chi connectivity index (χ1v) is 6.74. The molecule has 1 aliphatic rings. The number of hydrogen-bond donors (Lipinski definition) is 1. The van der Waals surface area contributed by atoms with Gasteiger partial charge in [-0.15, -0.1) is 0 Å². The number of rotatable bonds is 1. The van der Waals surface area contributed by atoms with Gasteiger partial charge >= 0.3 is 0 Å². The summed E-state index contributed by atoms with van der Waals surface area (Å²) >= 11 is 1.82. The van der Waals surface area contributed by atoms with Crippen LogP contribution in [0.4, 0.5) is 0 Å². The van der Waals surface area contributed by atoms with Crippen LogP contribution in [0.1, 0.15) is 12.5 Å². The van der Waals surface area contributed by atoms with Gasteiger partial charge in [0.1, 0.15) is 0 Å². The van der Waals surface area contributed by atoms with E-state index in [-0.39, 0.29) is 17.2 Å². The van der Waals surface area contributed by atoms with Crippen molar-refractivity contribution in [2.45, 2.75) is 12.5 Å². The molecule has 1 atom stereocenters. The first-order valence-electron chi connectivity index (χ1n) is 5.58. The summed E-state index contributed by atoms with van der Waals surface area (Å²) < 4.78 is 1.50. The molecule has 1 aromatic carbocycles. The summed E-state index contributed by atoms with van der Waals surface area (Å²) in [5.74, 6) is 1.94. The van der Waals surface area contributed by atoms with Gasteiger partial charge in [-0.25, -0.2) is 4.68 Å². The molecule has 1 aliphatic heterocycles. The molecule has 1 unspecified atom stereocenters. The topological polar surface area (TPSA) is 54.9 Å². The van der Waals surface area contributed by atoms with Crippen LogP contribution in [0.25, 0.3) is 10.8 Å². The van der Waals surface area contributed by atoms with Gasteiger partial charge in [0.05, 0.1) is 16.8 Å². The zero-order chi connectivity index (χ0) is 11.8. The van der Waals surface area contributed by atoms with Crippen molar-refractivity contribution in [2.24, 2.45) is 0 Å². The molecule has 4 nitrogen and oxygen atoms in total. The van der Waals surface area contributed by atoms with Gasteiger partial charge in [0.15, 0.2) is 0 Å². The lowest BCUT2D eigenvalue weighted by Gasteiger charge is -2.12. The highest BCUT2D eigenvalue weighted by atomic mass is 32.2. The molecule has 3 rings (SSSR count). The van der Waals surface area contributed by atoms with Crippen molar-refractivity contribution in [3.8, 4) is 0 Å². The monoisotopic (exact) mass is 248 g/mol. The largest absolute Gasteiger partial charge is 0.273 e. The average Bonchev–Trinajstić information content (AvgIpc) is 2.87. The maximum Gasteiger partial charge on any atom is 0.273 e. The van der Waals surface area contributed by atoms with Gasteiger partial charge in [-0.2, -0.15) is 11.8 Å². The second kappa shape index (κ2) is 4.07. The fourth-order valence-electron chi connectivity index (χ4n) is 2.20. The Morgan fingerprint density at radius 2 is 2.00 bits per heavy atom. The number of benzene rings is 1. The lowest BCUT2D eigenvalue weighted by Crippen LogP contribution is -2.32. The van der Waals surface area contributed by atoms with Crippen LogP contribution in [0.2, 0.25) is 0 Å². The Hall–Kier alpha value is -1.49. The van der Waals surface area contributed by atoms with Gasteiger partial charge in [0.25, 0.3) is 11.1 Å². The van der Waals surface area contributed by atoms with E-state index in [1.807, 2.05) is 11.8 Å². The van der Waals surface area contributed by atoms with E-state index in [1.165, 1.54) is 4.68 Å². The van der Waals surface area contributed by atoms with Crippen LogP contribution < -0.4 is 11.1 Å². The molecular formula is C12H12N2O2S. The van der Waals surface area contributed by atoms with Gasteiger partial charge in [0, 0.05) is 5.75 Å². The molecule has 2 heterocycles. The third kappa shape index (κ3) is 1.70. The van der Waals surface area contributed by atoms with E-state index in [9.17, 15) is 9.59 Å². The van der Waals surface area contributed by atoms with Crippen LogP contribution >= 0.6 is 11.8 Å². The summed E-state index contributed by atoms with van der Waals surface area (Å²) in [5, 5.41) is 3.68. The molecule has 5 heteroatoms. The van der Waals surface area contributed by atoms with Crippen LogP contribution in [0.15, 0.2) is 33.9 Å². The van der Waals surface area contributed by atoms with E-state index >= 15 is 0 Å². The highest BCUT2D eigenvalue weighted by Gasteiger charge is 2.20. The number of aromatic nitrogens is 2. The second-order valence-corrected chi connectivity index (χ2v) is 5.33. The Balaban J connectivity index is 2.30. The molecule has 0 aliphatic carbocycles. The standard InChI is InChI=1S/C12H12N2O2S/c15-11-9-3-1-2-4-10(9)12(16)14(13-11)8-5-6-17-7-8/h1-4,8H,5-7H2,(H,13,15). The Morgan fingerprint density at radius 3 is 2.71 bits per heavy atom. The Morgan fingerprint density at radius 1 is 1.24 bits per heavy atom. The van der Waals surface area contributed by atoms with Gasteiger partial charge in [0.2, 0.25) is 0 Å². The van der Waals surface area contributed by atoms with E-state index in [2.05, 4.69) is 5.10 Å². The zero-order valence-corrected chi connectivity index (χ0v) is 10.00. The van der Waals surface area contributed by atoms with Crippen LogP contribution in [0.3, 0.4) is 0 Å². The highest BCUT2D eigenvalue weighted by molar-refractivity contribution is 7.99. The normalized spacial score (nSPS) is 19.9. The lowest BCUT2D eigenvalue weighted by molar-refractivity contribution is 0.475. The number of fused-ring (bicyclic) bond motifs is 1. The molecule has 0 spiro atoms. The minimum atomic E-state index is -0.183. The minimum Gasteiger partial charge on any atom is -0.267 e. The van der Waals surface area contributed by atoms with Crippen molar-refractivity contribution >= 4 is 22.5 Å². The smallest absolute Gasteiger partial charge is 0.267 e. The summed E-state index contributed by atoms with van der Waals surface area (Å²) in [4.78, 5) is 24.1. The number of H-pyrrole nitrogens is 1. The number of nitrogens with zero attached hydrogens (tertiary/aromatic N) is 1. The maximum atomic E-state index is 12.3. The Bertz CT molecular complexity index is 668. The number of aromatic amines is 1. The molecular weight excluding hydrogens is 236 g/mol. The summed E-state index contributed by atoms with van der Waals surface area (Å²) in [7, 11) is 0. The number of thioether (sulfide) groups is 1. The predicted octanol–water partition coefficient (Wildman–Crippen LogP) is 1.37. The number of hydrogen-bond acceptors (Lipinski definition) is 3. The van der Waals surface area contributed by atoms with E-state index in [0.29, 0.717) is 10.8 Å². The van der Waals surface area contributed by atoms with Crippen LogP contribution in [-0.2, 0) is 0 Å². The molecule has 1 N–H and O–H groups in total. The summed E-state index contributed by atoms with van der Waals surface area (Å²) in [6, 6.07) is 7.09. The second-order valence-electron chi connectivity index (χ2n) is 4.18. The van der Waals surface area contributed by atoms with E-state index in [1.54, 1.807) is 24.3 Å². The van der Waals surface area contributed by atoms with Crippen molar-refractivity contribution in [3.05, 3.63) is 45.0 Å². The van der Waals surface area contributed by atoms with Crippen molar-refractivity contribution < 1.29 is 0 Å². The molecule has 88 valence electrons. The molecule has 1 saturated heterocycles. The van der Waals surface area contributed by atoms with Crippen molar-refractivity contribution in [3.63, 3.8) is 0 Å². The predicted molar refractivity (Wildman–Crippen MR) is 69.8 cm³/mol. The zero-order valence-electron chi connectivity index (χ0n) is 9.18. The van der Waals surface area contributed by atoms with Crippen molar-refractivity contribution in [2.75, 3.05) is 11.5 Å². The summed E-state index contributed by atoms with van der Waals surface area (Å²) in [5.41, 5.74) is -0.273. The quantitative estimate of drug-likeness (QED) is 0.829. The SMILES string of the molecule is O=c1[nH]n(C2CCSC2)c(=O)c2ccccc12. The molecule has 0 radical (unpaired) electrons. The average molecular weight is 248 g/mol. The summed E-state index contributed by atoms with van der Waals surface area (Å²) in [6.45, 7) is 0. The third-order valence-corrected chi connectivity index (χ3v) is 4.26. The van der Waals surface area contributed by atoms with Crippen LogP contribution in [-0.4, -0.2) is 21.3 Å². The Kier molecular flexibility index (Phi) is 2.55. The Labute approximate surface area is 102 Å². The first-order chi connectivity index (χ1) is 8.27. The molecule has 0 saturated carbocycles. The molecule has 1 aromatic heterocycles. The molecule has 0 bridgehead atoms. The van der Waals surface area contributed by atoms with Crippen molar-refractivity contribution in [1.82, 2.24) is 9.78 Å². The van der Waals surface area contributed by atoms with E-state index in [0.717, 1.165) is 17.9 Å². The van der Waals surface area contributed by atoms with Crippen LogP contribution in [0, 0.1) is 0 Å². The number of nitrogens with one attached hydrogen (secondary N) is 1. The lowest BCUT2D eigenvalue weighted by atomic mass is 10.2. The van der Waals surface area contributed by atoms with Gasteiger partial charge < -0.3 is 0 Å². The molecule has 17 heavy (non-hydrogen) atoms. The van der Waals surface area contributed by atoms with Gasteiger partial charge in [-0.1, -0.05) is 12.1 Å². The van der Waals surface area contributed by atoms with Crippen molar-refractivity contribution in [1.29, 1.82) is 0 Å². The third-order valence-electron chi connectivity index (χ3n) is 3.11. The minimum absolute atomic E-state index is 0.0901. The van der Waals surface area contributed by atoms with Gasteiger partial charge in [-0.3, -0.25) is 14.7 Å². The fraction of sp³-hybridized carbons (Fsp3) is 0.333. The van der Waals surface area contributed by atoms with Crippen LogP contribution in [0.5, 0.6) is 0 Å². The molecule has 1 fully saturated rings. The highest BCUT2D eigenvalue weighted by Crippen LogP contribution is 2.25. The molecule has 0 amide bonds. The fourth-order valence-corrected chi connectivity index (χ4v) is 3.39. The molecule has 2 aromatic rings. The maximum absolute atomic E-state index is 12.3. The first kappa shape index (κ1) is 10.7. The van der Waals surface area contributed by atoms with E-state index in [4.69, 9.17) is 0 Å².